The minimum absolute atomic E-state index is 0.178. The van der Waals surface area contributed by atoms with E-state index in [1.165, 1.54) is 24.8 Å². The largest absolute Gasteiger partial charge is 0.744 e. The highest BCUT2D eigenvalue weighted by atomic mass is 127. The molecule has 0 atom stereocenters. The van der Waals surface area contributed by atoms with Crippen molar-refractivity contribution in [2.45, 2.75) is 24.8 Å². The van der Waals surface area contributed by atoms with Gasteiger partial charge in [0.1, 0.15) is 22.5 Å². The quantitative estimate of drug-likeness (QED) is 0.218. The molecule has 0 fully saturated rings. The number of ether oxygens (including phenoxy) is 2. The number of carbonyl (C=O) groups excluding carboxylic acids is 1. The summed E-state index contributed by atoms with van der Waals surface area (Å²) in [6.45, 7) is 2.66. The van der Waals surface area contributed by atoms with Crippen LogP contribution in [0.15, 0.2) is 108 Å². The molecule has 4 aromatic rings. The molecular formula is C30H30INO6S. The first-order valence-corrected chi connectivity index (χ1v) is 15.6. The molecule has 1 amide bonds. The minimum Gasteiger partial charge on any atom is -0.744 e. The summed E-state index contributed by atoms with van der Waals surface area (Å²) < 4.78 is 44.4. The lowest BCUT2D eigenvalue weighted by Crippen LogP contribution is -3.61. The van der Waals surface area contributed by atoms with Crippen LogP contribution >= 0.6 is 0 Å². The Balaban J connectivity index is 0.000000320. The standard InChI is InChI=1S/C23H22INO3.C7H8O3S/c1-27-21-13-11-20(12-14-21)24-22-10-6-5-9-19(22)15-16-25-23(26)28-17-18-7-3-2-4-8-18;1-6-2-4-7(5-3-6)11(8,9)10/h2-14H,15-17H2,1H3;2-5H,1H3,(H,8,9,10). The molecule has 1 N–H and O–H groups in total. The van der Waals surface area contributed by atoms with Crippen molar-refractivity contribution in [2.75, 3.05) is 13.7 Å². The number of benzene rings is 4. The molecule has 7 nitrogen and oxygen atoms in total. The molecule has 0 radical (unpaired) electrons. The van der Waals surface area contributed by atoms with Gasteiger partial charge < -0.3 is 19.3 Å². The van der Waals surface area contributed by atoms with Crippen molar-refractivity contribution in [1.82, 2.24) is 5.32 Å². The van der Waals surface area contributed by atoms with Gasteiger partial charge in [-0.1, -0.05) is 66.2 Å². The second-order valence-electron chi connectivity index (χ2n) is 8.35. The van der Waals surface area contributed by atoms with E-state index >= 15 is 0 Å². The maximum absolute atomic E-state index is 11.9. The summed E-state index contributed by atoms with van der Waals surface area (Å²) in [6.07, 6.45) is 0.401. The number of hydrogen-bond donors (Lipinski definition) is 1. The monoisotopic (exact) mass is 659 g/mol. The predicted molar refractivity (Wildman–Crippen MR) is 144 cm³/mol. The van der Waals surface area contributed by atoms with Gasteiger partial charge in [0.2, 0.25) is 0 Å². The summed E-state index contributed by atoms with van der Waals surface area (Å²) in [5.41, 5.74) is 3.18. The first-order valence-electron chi connectivity index (χ1n) is 12.1. The predicted octanol–water partition coefficient (Wildman–Crippen LogP) is 2.19. The van der Waals surface area contributed by atoms with Crippen molar-refractivity contribution in [2.24, 2.45) is 0 Å². The molecule has 0 spiro atoms. The Morgan fingerprint density at radius 3 is 2.15 bits per heavy atom. The number of aryl methyl sites for hydroxylation is 1. The zero-order valence-electron chi connectivity index (χ0n) is 21.7. The fraction of sp³-hybridized carbons (Fsp3) is 0.167. The van der Waals surface area contributed by atoms with Crippen molar-refractivity contribution in [3.63, 3.8) is 0 Å². The summed E-state index contributed by atoms with van der Waals surface area (Å²) in [6, 6.07) is 32.1. The van der Waals surface area contributed by atoms with Gasteiger partial charge in [-0.05, 0) is 61.4 Å². The average molecular weight is 660 g/mol. The van der Waals surface area contributed by atoms with E-state index in [-0.39, 0.29) is 38.8 Å². The second kappa shape index (κ2) is 15.2. The van der Waals surface area contributed by atoms with Crippen molar-refractivity contribution < 1.29 is 48.4 Å². The zero-order valence-corrected chi connectivity index (χ0v) is 24.6. The molecule has 0 aliphatic heterocycles. The van der Waals surface area contributed by atoms with Crippen molar-refractivity contribution in [1.29, 1.82) is 0 Å². The summed E-state index contributed by atoms with van der Waals surface area (Å²) in [7, 11) is -2.59. The van der Waals surface area contributed by atoms with Gasteiger partial charge >= 0.3 is 27.3 Å². The fourth-order valence-corrected chi connectivity index (χ4v) is 6.37. The van der Waals surface area contributed by atoms with Crippen molar-refractivity contribution in [3.8, 4) is 5.75 Å². The van der Waals surface area contributed by atoms with Gasteiger partial charge in [0, 0.05) is 12.1 Å². The average Bonchev–Trinajstić information content (AvgIpc) is 2.94. The van der Waals surface area contributed by atoms with Gasteiger partial charge in [-0.15, -0.1) is 0 Å². The lowest BCUT2D eigenvalue weighted by Gasteiger charge is -2.07. The van der Waals surface area contributed by atoms with Crippen LogP contribution < -0.4 is 31.3 Å². The number of amides is 1. The second-order valence-corrected chi connectivity index (χ2v) is 12.7. The van der Waals surface area contributed by atoms with Crippen LogP contribution in [0, 0.1) is 14.1 Å². The Labute approximate surface area is 240 Å². The molecule has 0 heterocycles. The highest BCUT2D eigenvalue weighted by Gasteiger charge is 2.19. The fourth-order valence-electron chi connectivity index (χ4n) is 3.32. The van der Waals surface area contributed by atoms with Gasteiger partial charge in [-0.2, -0.15) is 0 Å². The molecule has 4 aromatic carbocycles. The van der Waals surface area contributed by atoms with E-state index in [9.17, 15) is 17.8 Å². The van der Waals surface area contributed by atoms with Crippen LogP contribution in [0.3, 0.4) is 0 Å². The third kappa shape index (κ3) is 10.7. The molecule has 4 rings (SSSR count). The highest BCUT2D eigenvalue weighted by molar-refractivity contribution is 7.85. The van der Waals surface area contributed by atoms with E-state index in [1.54, 1.807) is 19.2 Å². The van der Waals surface area contributed by atoms with Crippen LogP contribution in [0.1, 0.15) is 16.7 Å². The van der Waals surface area contributed by atoms with Gasteiger partial charge in [0.25, 0.3) is 0 Å². The van der Waals surface area contributed by atoms with Gasteiger partial charge in [0.05, 0.1) is 12.0 Å². The molecule has 0 bridgehead atoms. The van der Waals surface area contributed by atoms with Crippen molar-refractivity contribution in [3.05, 3.63) is 127 Å². The number of nitrogens with one attached hydrogen (secondary N) is 1. The summed E-state index contributed by atoms with van der Waals surface area (Å²) >= 11 is -0.282. The molecule has 0 saturated heterocycles. The lowest BCUT2D eigenvalue weighted by molar-refractivity contribution is -0.598. The van der Waals surface area contributed by atoms with E-state index in [2.05, 4.69) is 35.6 Å². The maximum Gasteiger partial charge on any atom is 0.407 e. The summed E-state index contributed by atoms with van der Waals surface area (Å²) in [4.78, 5) is 11.7. The Kier molecular flexibility index (Phi) is 11.8. The molecule has 9 heteroatoms. The first kappa shape index (κ1) is 30.1. The van der Waals surface area contributed by atoms with Crippen LogP contribution in [0.2, 0.25) is 0 Å². The topological polar surface area (TPSA) is 105 Å². The molecule has 0 saturated carbocycles. The van der Waals surface area contributed by atoms with Crippen LogP contribution in [0.25, 0.3) is 0 Å². The Morgan fingerprint density at radius 1 is 0.872 bits per heavy atom. The van der Waals surface area contributed by atoms with Gasteiger partial charge in [-0.25, -0.2) is 13.2 Å². The third-order valence-electron chi connectivity index (χ3n) is 5.40. The summed E-state index contributed by atoms with van der Waals surface area (Å²) in [5.74, 6) is 0.874. The normalized spacial score (nSPS) is 10.6. The van der Waals surface area contributed by atoms with Crippen LogP contribution in [0.5, 0.6) is 5.75 Å². The van der Waals surface area contributed by atoms with Crippen LogP contribution in [-0.4, -0.2) is 32.7 Å². The van der Waals surface area contributed by atoms with Gasteiger partial charge in [-0.3, -0.25) is 0 Å². The molecule has 0 aromatic heterocycles. The molecule has 0 aliphatic carbocycles. The van der Waals surface area contributed by atoms with E-state index in [0.717, 1.165) is 23.3 Å². The molecular weight excluding hydrogens is 629 g/mol. The zero-order chi connectivity index (χ0) is 28.1. The number of alkyl carbamates (subject to hydrolysis) is 1. The third-order valence-corrected chi connectivity index (χ3v) is 9.23. The molecule has 204 valence electrons. The maximum atomic E-state index is 11.9. The highest BCUT2D eigenvalue weighted by Crippen LogP contribution is 2.09. The SMILES string of the molecule is COc1ccc([I+]c2ccccc2CCNC(=O)OCc2ccccc2)cc1.Cc1ccc(S(=O)(=O)[O-])cc1. The first-order chi connectivity index (χ1) is 18.7. The number of rotatable bonds is 9. The van der Waals surface area contributed by atoms with Crippen LogP contribution in [-0.2, 0) is 27.9 Å². The van der Waals surface area contributed by atoms with E-state index in [1.807, 2.05) is 55.5 Å². The number of hydrogen-bond acceptors (Lipinski definition) is 6. The van der Waals surface area contributed by atoms with Crippen LogP contribution in [0.4, 0.5) is 4.79 Å². The Morgan fingerprint density at radius 2 is 1.51 bits per heavy atom. The van der Waals surface area contributed by atoms with E-state index in [4.69, 9.17) is 9.47 Å². The van der Waals surface area contributed by atoms with E-state index in [0.29, 0.717) is 6.54 Å². The molecule has 39 heavy (non-hydrogen) atoms. The molecule has 0 unspecified atom stereocenters. The van der Waals surface area contributed by atoms with E-state index < -0.39 is 10.1 Å². The molecule has 0 aliphatic rings. The number of methoxy groups -OCH3 is 1. The van der Waals surface area contributed by atoms with Gasteiger partial charge in [0.15, 0.2) is 7.14 Å². The number of carbonyl (C=O) groups is 1. The Hall–Kier alpha value is -3.41. The van der Waals surface area contributed by atoms with Crippen molar-refractivity contribution >= 4 is 16.2 Å². The smallest absolute Gasteiger partial charge is 0.407 e. The summed E-state index contributed by atoms with van der Waals surface area (Å²) in [5, 5.41) is 2.84. The number of halogens is 1. The minimum atomic E-state index is -4.27. The Bertz CT molecular complexity index is 1430. The lowest BCUT2D eigenvalue weighted by atomic mass is 10.1.